The third kappa shape index (κ3) is 4.48. The molecule has 1 fully saturated rings. The van der Waals surface area contributed by atoms with Crippen molar-refractivity contribution in [1.29, 1.82) is 0 Å². The van der Waals surface area contributed by atoms with Crippen molar-refractivity contribution >= 4 is 28.8 Å². The highest BCUT2D eigenvalue weighted by Crippen LogP contribution is 2.31. The number of piperidine rings is 1. The Labute approximate surface area is 202 Å². The molecule has 8 heteroatoms. The van der Waals surface area contributed by atoms with E-state index in [0.29, 0.717) is 11.6 Å². The fourth-order valence-electron chi connectivity index (χ4n) is 4.50. The Bertz CT molecular complexity index is 1320. The molecule has 2 aromatic carbocycles. The van der Waals surface area contributed by atoms with Gasteiger partial charge in [-0.1, -0.05) is 41.9 Å². The lowest BCUT2D eigenvalue weighted by Gasteiger charge is -2.33. The zero-order valence-corrected chi connectivity index (χ0v) is 19.5. The van der Waals surface area contributed by atoms with Crippen molar-refractivity contribution in [2.45, 2.75) is 25.8 Å². The Morgan fingerprint density at radius 2 is 2.00 bits per heavy atom. The second kappa shape index (κ2) is 9.43. The number of fused-ring (bicyclic) bond motifs is 1. The summed E-state index contributed by atoms with van der Waals surface area (Å²) in [5.74, 6) is 0.352. The maximum Gasteiger partial charge on any atom is 0.225 e. The Hall–Kier alpha value is -3.45. The van der Waals surface area contributed by atoms with Gasteiger partial charge in [0, 0.05) is 31.0 Å². The van der Waals surface area contributed by atoms with E-state index < -0.39 is 0 Å². The molecule has 2 aromatic heterocycles. The first-order valence-electron chi connectivity index (χ1n) is 11.4. The van der Waals surface area contributed by atoms with Crippen LogP contribution in [-0.4, -0.2) is 33.6 Å². The summed E-state index contributed by atoms with van der Waals surface area (Å²) >= 11 is 6.38. The van der Waals surface area contributed by atoms with E-state index in [1.165, 1.54) is 12.1 Å². The van der Waals surface area contributed by atoms with Gasteiger partial charge in [-0.3, -0.25) is 4.79 Å². The van der Waals surface area contributed by atoms with E-state index in [1.807, 2.05) is 43.5 Å². The summed E-state index contributed by atoms with van der Waals surface area (Å²) in [5, 5.41) is 8.42. The van der Waals surface area contributed by atoms with Gasteiger partial charge in [0.2, 0.25) is 5.91 Å². The summed E-state index contributed by atoms with van der Waals surface area (Å²) in [5.41, 5.74) is 3.39. The summed E-state index contributed by atoms with van der Waals surface area (Å²) in [6, 6.07) is 15.6. The summed E-state index contributed by atoms with van der Waals surface area (Å²) in [7, 11) is 0. The van der Waals surface area contributed by atoms with E-state index in [-0.39, 0.29) is 23.7 Å². The minimum atomic E-state index is -0.288. The zero-order chi connectivity index (χ0) is 23.7. The van der Waals surface area contributed by atoms with Gasteiger partial charge in [-0.15, -0.1) is 0 Å². The van der Waals surface area contributed by atoms with Crippen LogP contribution in [0.1, 0.15) is 31.4 Å². The average Bonchev–Trinajstić information content (AvgIpc) is 3.29. The Morgan fingerprint density at radius 3 is 2.79 bits per heavy atom. The number of carbonyl (C=O) groups is 1. The Balaban J connectivity index is 1.35. The van der Waals surface area contributed by atoms with Gasteiger partial charge >= 0.3 is 0 Å². The number of halogens is 2. The predicted molar refractivity (Wildman–Crippen MR) is 131 cm³/mol. The molecule has 0 spiro atoms. The Kier molecular flexibility index (Phi) is 6.20. The van der Waals surface area contributed by atoms with Crippen molar-refractivity contribution in [2.24, 2.45) is 5.92 Å². The third-order valence-electron chi connectivity index (χ3n) is 6.34. The number of hydrogen-bond acceptors (Lipinski definition) is 4. The maximum atomic E-state index is 13.2. The van der Waals surface area contributed by atoms with E-state index in [0.717, 1.165) is 47.5 Å². The Morgan fingerprint density at radius 1 is 1.21 bits per heavy atom. The highest BCUT2D eigenvalue weighted by Gasteiger charge is 2.28. The SMILES string of the molecule is CC(NC(=O)C1CCCN(c2nccn3nc(-c4ccccc4Cl)cc23)C1)c1ccc(F)cc1. The molecule has 174 valence electrons. The highest BCUT2D eigenvalue weighted by molar-refractivity contribution is 6.33. The molecule has 2 unspecified atom stereocenters. The molecule has 1 N–H and O–H groups in total. The monoisotopic (exact) mass is 477 g/mol. The first-order valence-corrected chi connectivity index (χ1v) is 11.8. The molecule has 4 aromatic rings. The number of benzene rings is 2. The van der Waals surface area contributed by atoms with Crippen molar-refractivity contribution in [3.05, 3.63) is 83.4 Å². The van der Waals surface area contributed by atoms with Gasteiger partial charge < -0.3 is 10.2 Å². The van der Waals surface area contributed by atoms with Gasteiger partial charge in [-0.05, 0) is 49.6 Å². The molecule has 6 nitrogen and oxygen atoms in total. The lowest BCUT2D eigenvalue weighted by atomic mass is 9.96. The van der Waals surface area contributed by atoms with Crippen LogP contribution >= 0.6 is 11.6 Å². The molecule has 0 aliphatic carbocycles. The standard InChI is InChI=1S/C26H25ClFN5O/c1-17(18-8-10-20(28)11-9-18)30-26(34)19-5-4-13-32(16-19)25-24-15-23(31-33(24)14-12-29-25)21-6-2-3-7-22(21)27/h2-3,6-12,14-15,17,19H,4-5,13,16H2,1H3,(H,30,34). The number of aromatic nitrogens is 3. The third-order valence-corrected chi connectivity index (χ3v) is 6.67. The molecule has 34 heavy (non-hydrogen) atoms. The van der Waals surface area contributed by atoms with Gasteiger partial charge in [0.1, 0.15) is 11.3 Å². The van der Waals surface area contributed by atoms with Gasteiger partial charge in [0.25, 0.3) is 0 Å². The molecule has 0 saturated carbocycles. The lowest BCUT2D eigenvalue weighted by Crippen LogP contribution is -2.44. The highest BCUT2D eigenvalue weighted by atomic mass is 35.5. The second-order valence-corrected chi connectivity index (χ2v) is 9.06. The van der Waals surface area contributed by atoms with Gasteiger partial charge in [-0.25, -0.2) is 13.9 Å². The number of rotatable bonds is 5. The van der Waals surface area contributed by atoms with Crippen molar-refractivity contribution in [1.82, 2.24) is 19.9 Å². The molecule has 1 amide bonds. The van der Waals surface area contributed by atoms with Crippen LogP contribution in [0.15, 0.2) is 67.0 Å². The van der Waals surface area contributed by atoms with Crippen molar-refractivity contribution in [3.8, 4) is 11.3 Å². The molecular formula is C26H25ClFN5O. The van der Waals surface area contributed by atoms with Crippen LogP contribution in [-0.2, 0) is 4.79 Å². The van der Waals surface area contributed by atoms with Crippen LogP contribution in [0.4, 0.5) is 10.2 Å². The molecule has 1 saturated heterocycles. The van der Waals surface area contributed by atoms with Crippen LogP contribution in [0, 0.1) is 11.7 Å². The molecule has 0 bridgehead atoms. The van der Waals surface area contributed by atoms with Crippen LogP contribution in [0.5, 0.6) is 0 Å². The molecule has 2 atom stereocenters. The predicted octanol–water partition coefficient (Wildman–Crippen LogP) is 5.28. The topological polar surface area (TPSA) is 62.5 Å². The molecule has 0 radical (unpaired) electrons. The van der Waals surface area contributed by atoms with Crippen molar-refractivity contribution in [2.75, 3.05) is 18.0 Å². The van der Waals surface area contributed by atoms with Crippen LogP contribution in [0.3, 0.4) is 0 Å². The van der Waals surface area contributed by atoms with Crippen LogP contribution in [0.2, 0.25) is 5.02 Å². The van der Waals surface area contributed by atoms with Gasteiger partial charge in [0.05, 0.1) is 22.7 Å². The van der Waals surface area contributed by atoms with E-state index in [1.54, 1.807) is 22.8 Å². The molecule has 3 heterocycles. The second-order valence-electron chi connectivity index (χ2n) is 8.66. The van der Waals surface area contributed by atoms with Crippen LogP contribution in [0.25, 0.3) is 16.8 Å². The van der Waals surface area contributed by atoms with Crippen molar-refractivity contribution in [3.63, 3.8) is 0 Å². The molecular weight excluding hydrogens is 453 g/mol. The maximum absolute atomic E-state index is 13.2. The fourth-order valence-corrected chi connectivity index (χ4v) is 4.73. The number of amides is 1. The number of nitrogens with one attached hydrogen (secondary N) is 1. The summed E-state index contributed by atoms with van der Waals surface area (Å²) in [4.78, 5) is 19.8. The molecule has 1 aliphatic heterocycles. The van der Waals surface area contributed by atoms with E-state index in [2.05, 4.69) is 15.2 Å². The zero-order valence-electron chi connectivity index (χ0n) is 18.8. The summed E-state index contributed by atoms with van der Waals surface area (Å²) in [6.45, 7) is 3.30. The van der Waals surface area contributed by atoms with Gasteiger partial charge in [0.15, 0.2) is 5.82 Å². The average molecular weight is 478 g/mol. The number of hydrogen-bond donors (Lipinski definition) is 1. The minimum Gasteiger partial charge on any atom is -0.354 e. The first kappa shape index (κ1) is 22.3. The molecule has 1 aliphatic rings. The summed E-state index contributed by atoms with van der Waals surface area (Å²) in [6.07, 6.45) is 5.24. The van der Waals surface area contributed by atoms with Crippen LogP contribution < -0.4 is 10.2 Å². The van der Waals surface area contributed by atoms with Crippen molar-refractivity contribution < 1.29 is 9.18 Å². The first-order chi connectivity index (χ1) is 16.5. The minimum absolute atomic E-state index is 0.00117. The molecule has 5 rings (SSSR count). The van der Waals surface area contributed by atoms with E-state index >= 15 is 0 Å². The van der Waals surface area contributed by atoms with E-state index in [9.17, 15) is 9.18 Å². The fraction of sp³-hybridized carbons (Fsp3) is 0.269. The smallest absolute Gasteiger partial charge is 0.225 e. The summed E-state index contributed by atoms with van der Waals surface area (Å²) < 4.78 is 15.0. The quantitative estimate of drug-likeness (QED) is 0.424. The largest absolute Gasteiger partial charge is 0.354 e. The normalized spacial score (nSPS) is 17.0. The van der Waals surface area contributed by atoms with E-state index in [4.69, 9.17) is 16.7 Å². The number of nitrogens with zero attached hydrogens (tertiary/aromatic N) is 4. The van der Waals surface area contributed by atoms with Gasteiger partial charge in [-0.2, -0.15) is 5.10 Å². The lowest BCUT2D eigenvalue weighted by molar-refractivity contribution is -0.125. The number of carbonyl (C=O) groups excluding carboxylic acids is 1. The number of anilines is 1.